The maximum atomic E-state index is 12.4. The van der Waals surface area contributed by atoms with Gasteiger partial charge in [0.15, 0.2) is 11.5 Å². The normalized spacial score (nSPS) is 10.0. The van der Waals surface area contributed by atoms with Crippen LogP contribution in [-0.2, 0) is 6.61 Å². The molecule has 0 atom stereocenters. The minimum atomic E-state index is -0.0576. The standard InChI is InChI=1S/C19H23ClN2O3.ClH/c1-21-10-11-22(2)19(23)15-6-9-17(18(12-15)24-3)25-13-14-4-7-16(20)8-5-14;/h4-9,12,21H,10-11,13H2,1-3H3;1H. The largest absolute Gasteiger partial charge is 0.493 e. The van der Waals surface area contributed by atoms with E-state index in [2.05, 4.69) is 5.32 Å². The molecule has 0 saturated heterocycles. The Bertz CT molecular complexity index is 708. The number of nitrogens with one attached hydrogen (secondary N) is 1. The summed E-state index contributed by atoms with van der Waals surface area (Å²) in [5, 5.41) is 3.71. The van der Waals surface area contributed by atoms with Crippen LogP contribution in [0.1, 0.15) is 15.9 Å². The Labute approximate surface area is 165 Å². The minimum absolute atomic E-state index is 0. The highest BCUT2D eigenvalue weighted by molar-refractivity contribution is 6.30. The zero-order chi connectivity index (χ0) is 18.2. The summed E-state index contributed by atoms with van der Waals surface area (Å²) in [7, 11) is 5.19. The van der Waals surface area contributed by atoms with E-state index in [-0.39, 0.29) is 18.3 Å². The Morgan fingerprint density at radius 1 is 1.15 bits per heavy atom. The van der Waals surface area contributed by atoms with E-state index in [4.69, 9.17) is 21.1 Å². The second-order valence-electron chi connectivity index (χ2n) is 5.61. The van der Waals surface area contributed by atoms with Gasteiger partial charge in [-0.15, -0.1) is 12.4 Å². The van der Waals surface area contributed by atoms with Crippen molar-refractivity contribution in [1.29, 1.82) is 0 Å². The van der Waals surface area contributed by atoms with Crippen LogP contribution in [0, 0.1) is 0 Å². The first kappa shape index (κ1) is 22.1. The first-order valence-corrected chi connectivity index (χ1v) is 8.38. The van der Waals surface area contributed by atoms with Crippen molar-refractivity contribution < 1.29 is 14.3 Å². The van der Waals surface area contributed by atoms with Crippen LogP contribution in [0.25, 0.3) is 0 Å². The number of hydrogen-bond acceptors (Lipinski definition) is 4. The average Bonchev–Trinajstić information content (AvgIpc) is 2.64. The molecule has 0 bridgehead atoms. The van der Waals surface area contributed by atoms with Gasteiger partial charge in [-0.3, -0.25) is 4.79 Å². The predicted molar refractivity (Wildman–Crippen MR) is 107 cm³/mol. The zero-order valence-electron chi connectivity index (χ0n) is 15.1. The lowest BCUT2D eigenvalue weighted by Gasteiger charge is -2.18. The van der Waals surface area contributed by atoms with Gasteiger partial charge in [0.2, 0.25) is 0 Å². The van der Waals surface area contributed by atoms with Crippen LogP contribution in [0.15, 0.2) is 42.5 Å². The number of ether oxygens (including phenoxy) is 2. The minimum Gasteiger partial charge on any atom is -0.493 e. The molecule has 0 aliphatic rings. The molecule has 2 aromatic rings. The lowest BCUT2D eigenvalue weighted by Crippen LogP contribution is -2.32. The van der Waals surface area contributed by atoms with E-state index >= 15 is 0 Å². The molecule has 1 N–H and O–H groups in total. The van der Waals surface area contributed by atoms with Gasteiger partial charge in [0, 0.05) is 30.7 Å². The fourth-order valence-corrected chi connectivity index (χ4v) is 2.39. The molecule has 2 rings (SSSR count). The quantitative estimate of drug-likeness (QED) is 0.737. The molecule has 26 heavy (non-hydrogen) atoms. The number of rotatable bonds is 8. The molecule has 0 aliphatic heterocycles. The van der Waals surface area contributed by atoms with Gasteiger partial charge in [-0.05, 0) is 42.9 Å². The monoisotopic (exact) mass is 398 g/mol. The average molecular weight is 399 g/mol. The van der Waals surface area contributed by atoms with Crippen LogP contribution >= 0.6 is 24.0 Å². The van der Waals surface area contributed by atoms with Crippen LogP contribution in [0.3, 0.4) is 0 Å². The summed E-state index contributed by atoms with van der Waals surface area (Å²) in [4.78, 5) is 14.1. The van der Waals surface area contributed by atoms with E-state index in [9.17, 15) is 4.79 Å². The molecule has 142 valence electrons. The highest BCUT2D eigenvalue weighted by Gasteiger charge is 2.14. The third-order valence-corrected chi connectivity index (χ3v) is 4.01. The second kappa shape index (κ2) is 10.9. The van der Waals surface area contributed by atoms with Gasteiger partial charge in [0.1, 0.15) is 6.61 Å². The van der Waals surface area contributed by atoms with Crippen molar-refractivity contribution in [3.63, 3.8) is 0 Å². The van der Waals surface area contributed by atoms with Gasteiger partial charge in [-0.25, -0.2) is 0 Å². The first-order valence-electron chi connectivity index (χ1n) is 8.00. The van der Waals surface area contributed by atoms with Crippen molar-refractivity contribution in [2.45, 2.75) is 6.61 Å². The van der Waals surface area contributed by atoms with Gasteiger partial charge in [0.25, 0.3) is 5.91 Å². The van der Waals surface area contributed by atoms with E-state index in [0.717, 1.165) is 12.1 Å². The van der Waals surface area contributed by atoms with E-state index in [1.54, 1.807) is 37.3 Å². The van der Waals surface area contributed by atoms with Crippen LogP contribution in [-0.4, -0.2) is 45.1 Å². The highest BCUT2D eigenvalue weighted by atomic mass is 35.5. The predicted octanol–water partition coefficient (Wildman–Crippen LogP) is 3.64. The molecule has 0 spiro atoms. The summed E-state index contributed by atoms with van der Waals surface area (Å²) >= 11 is 5.88. The Morgan fingerprint density at radius 2 is 1.85 bits per heavy atom. The lowest BCUT2D eigenvalue weighted by molar-refractivity contribution is 0.0796. The van der Waals surface area contributed by atoms with Crippen molar-refractivity contribution in [3.05, 3.63) is 58.6 Å². The fraction of sp³-hybridized carbons (Fsp3) is 0.316. The number of amides is 1. The molecule has 5 nitrogen and oxygen atoms in total. The van der Waals surface area contributed by atoms with E-state index < -0.39 is 0 Å². The highest BCUT2D eigenvalue weighted by Crippen LogP contribution is 2.29. The molecule has 2 aromatic carbocycles. The Balaban J connectivity index is 0.00000338. The Hall–Kier alpha value is -1.95. The number of hydrogen-bond donors (Lipinski definition) is 1. The molecular formula is C19H24Cl2N2O3. The fourth-order valence-electron chi connectivity index (χ4n) is 2.26. The lowest BCUT2D eigenvalue weighted by atomic mass is 10.1. The van der Waals surface area contributed by atoms with Crippen molar-refractivity contribution in [2.24, 2.45) is 0 Å². The summed E-state index contributed by atoms with van der Waals surface area (Å²) in [5.41, 5.74) is 1.56. The molecular weight excluding hydrogens is 375 g/mol. The number of nitrogens with zero attached hydrogens (tertiary/aromatic N) is 1. The molecule has 0 heterocycles. The number of carbonyl (C=O) groups excluding carboxylic acids is 1. The number of methoxy groups -OCH3 is 1. The molecule has 0 aliphatic carbocycles. The van der Waals surface area contributed by atoms with Crippen molar-refractivity contribution in [2.75, 3.05) is 34.3 Å². The van der Waals surface area contributed by atoms with Crippen molar-refractivity contribution >= 4 is 29.9 Å². The molecule has 0 aromatic heterocycles. The Morgan fingerprint density at radius 3 is 2.46 bits per heavy atom. The number of halogens is 2. The van der Waals surface area contributed by atoms with E-state index in [1.165, 1.54) is 0 Å². The smallest absolute Gasteiger partial charge is 0.253 e. The summed E-state index contributed by atoms with van der Waals surface area (Å²) in [6.45, 7) is 1.76. The van der Waals surface area contributed by atoms with Crippen molar-refractivity contribution in [3.8, 4) is 11.5 Å². The van der Waals surface area contributed by atoms with Gasteiger partial charge in [0.05, 0.1) is 7.11 Å². The number of benzene rings is 2. The number of carbonyl (C=O) groups is 1. The topological polar surface area (TPSA) is 50.8 Å². The molecule has 0 saturated carbocycles. The summed E-state index contributed by atoms with van der Waals surface area (Å²) in [6.07, 6.45) is 0. The van der Waals surface area contributed by atoms with Crippen LogP contribution in [0.4, 0.5) is 0 Å². The van der Waals surface area contributed by atoms with E-state index in [0.29, 0.717) is 35.2 Å². The molecule has 0 radical (unpaired) electrons. The maximum absolute atomic E-state index is 12.4. The number of likely N-dealkylation sites (N-methyl/N-ethyl adjacent to an activating group) is 2. The van der Waals surface area contributed by atoms with Gasteiger partial charge in [-0.2, -0.15) is 0 Å². The maximum Gasteiger partial charge on any atom is 0.253 e. The van der Waals surface area contributed by atoms with Crippen molar-refractivity contribution in [1.82, 2.24) is 10.2 Å². The molecule has 7 heteroatoms. The third-order valence-electron chi connectivity index (χ3n) is 3.76. The Kier molecular flexibility index (Phi) is 9.27. The van der Waals surface area contributed by atoms with Crippen LogP contribution < -0.4 is 14.8 Å². The molecule has 0 fully saturated rings. The van der Waals surface area contributed by atoms with Gasteiger partial charge < -0.3 is 19.7 Å². The third kappa shape index (κ3) is 6.09. The summed E-state index contributed by atoms with van der Waals surface area (Å²) < 4.78 is 11.2. The van der Waals surface area contributed by atoms with Gasteiger partial charge >= 0.3 is 0 Å². The first-order chi connectivity index (χ1) is 12.0. The van der Waals surface area contributed by atoms with Crippen LogP contribution in [0.5, 0.6) is 11.5 Å². The second-order valence-corrected chi connectivity index (χ2v) is 6.05. The van der Waals surface area contributed by atoms with E-state index in [1.807, 2.05) is 31.3 Å². The molecule has 0 unspecified atom stereocenters. The van der Waals surface area contributed by atoms with Crippen LogP contribution in [0.2, 0.25) is 5.02 Å². The zero-order valence-corrected chi connectivity index (χ0v) is 16.7. The molecule has 1 amide bonds. The summed E-state index contributed by atoms with van der Waals surface area (Å²) in [5.74, 6) is 1.06. The SMILES string of the molecule is CNCCN(C)C(=O)c1ccc(OCc2ccc(Cl)cc2)c(OC)c1.Cl. The van der Waals surface area contributed by atoms with Gasteiger partial charge in [-0.1, -0.05) is 23.7 Å². The summed E-state index contributed by atoms with van der Waals surface area (Å²) in [6, 6.07) is 12.7.